The van der Waals surface area contributed by atoms with Crippen LogP contribution in [-0.2, 0) is 0 Å². The lowest BCUT2D eigenvalue weighted by Crippen LogP contribution is -2.31. The maximum atomic E-state index is 3.79. The second kappa shape index (κ2) is 6.41. The summed E-state index contributed by atoms with van der Waals surface area (Å²) in [5, 5.41) is 4.73. The summed E-state index contributed by atoms with van der Waals surface area (Å²) in [4.78, 5) is 0. The first kappa shape index (κ1) is 12.1. The molecule has 0 aromatic heterocycles. The predicted molar refractivity (Wildman–Crippen MR) is 73.0 cm³/mol. The molecule has 1 aliphatic carbocycles. The van der Waals surface area contributed by atoms with Gasteiger partial charge in [0, 0.05) is 11.3 Å². The number of nitrogens with one attached hydrogen (secondary N) is 1. The van der Waals surface area contributed by atoms with Crippen molar-refractivity contribution in [3.63, 3.8) is 0 Å². The van der Waals surface area contributed by atoms with Crippen molar-refractivity contribution < 1.29 is 0 Å². The van der Waals surface area contributed by atoms with Gasteiger partial charge in [-0.2, -0.15) is 23.5 Å². The first-order valence-corrected chi connectivity index (χ1v) is 8.51. The minimum Gasteiger partial charge on any atom is -0.314 e. The van der Waals surface area contributed by atoms with Gasteiger partial charge in [0.2, 0.25) is 0 Å². The summed E-state index contributed by atoms with van der Waals surface area (Å²) in [6.45, 7) is 3.56. The van der Waals surface area contributed by atoms with Crippen LogP contribution in [0.1, 0.15) is 32.6 Å². The maximum absolute atomic E-state index is 3.79. The Balaban J connectivity index is 1.59. The van der Waals surface area contributed by atoms with E-state index in [2.05, 4.69) is 35.8 Å². The smallest absolute Gasteiger partial charge is 0.00781 e. The van der Waals surface area contributed by atoms with Gasteiger partial charge in [-0.05, 0) is 55.4 Å². The van der Waals surface area contributed by atoms with Crippen molar-refractivity contribution in [2.75, 3.05) is 23.8 Å². The molecule has 3 atom stereocenters. The number of hydrogen-bond donors (Lipinski definition) is 1. The first-order chi connectivity index (χ1) is 7.38. The molecule has 1 aliphatic heterocycles. The Kier molecular flexibility index (Phi) is 5.18. The van der Waals surface area contributed by atoms with E-state index in [4.69, 9.17) is 0 Å². The van der Waals surface area contributed by atoms with Crippen LogP contribution in [0.2, 0.25) is 0 Å². The number of rotatable bonds is 5. The minimum atomic E-state index is 0.833. The van der Waals surface area contributed by atoms with Gasteiger partial charge in [-0.25, -0.2) is 0 Å². The van der Waals surface area contributed by atoms with Crippen molar-refractivity contribution in [2.24, 2.45) is 5.92 Å². The third kappa shape index (κ3) is 3.86. The van der Waals surface area contributed by atoms with E-state index in [9.17, 15) is 0 Å². The van der Waals surface area contributed by atoms with Crippen LogP contribution in [0.15, 0.2) is 0 Å². The van der Waals surface area contributed by atoms with Crippen LogP contribution in [0.4, 0.5) is 0 Å². The Hall–Kier alpha value is 0.660. The molecule has 1 heterocycles. The van der Waals surface area contributed by atoms with Crippen molar-refractivity contribution in [1.82, 2.24) is 5.32 Å². The van der Waals surface area contributed by atoms with Gasteiger partial charge in [0.1, 0.15) is 0 Å². The second-order valence-electron chi connectivity index (χ2n) is 4.73. The van der Waals surface area contributed by atoms with E-state index in [1.54, 1.807) is 0 Å². The Morgan fingerprint density at radius 2 is 2.27 bits per heavy atom. The lowest BCUT2D eigenvalue weighted by Gasteiger charge is -2.16. The molecule has 0 amide bonds. The molecule has 0 aromatic carbocycles. The topological polar surface area (TPSA) is 12.0 Å². The fraction of sp³-hybridized carbons (Fsp3) is 1.00. The van der Waals surface area contributed by atoms with Crippen molar-refractivity contribution in [1.29, 1.82) is 0 Å². The van der Waals surface area contributed by atoms with Gasteiger partial charge in [0.15, 0.2) is 0 Å². The Morgan fingerprint density at radius 1 is 1.33 bits per heavy atom. The van der Waals surface area contributed by atoms with Gasteiger partial charge >= 0.3 is 0 Å². The molecule has 1 saturated carbocycles. The average Bonchev–Trinajstić information content (AvgIpc) is 2.85. The molecule has 0 spiro atoms. The van der Waals surface area contributed by atoms with Gasteiger partial charge in [0.05, 0.1) is 0 Å². The maximum Gasteiger partial charge on any atom is 0.00781 e. The molecule has 1 nitrogen and oxygen atoms in total. The van der Waals surface area contributed by atoms with Crippen molar-refractivity contribution in [3.8, 4) is 0 Å². The molecule has 2 aliphatic rings. The van der Waals surface area contributed by atoms with Gasteiger partial charge in [0.25, 0.3) is 0 Å². The van der Waals surface area contributed by atoms with Crippen LogP contribution in [-0.4, -0.2) is 35.1 Å². The molecule has 0 radical (unpaired) electrons. The van der Waals surface area contributed by atoms with Crippen LogP contribution < -0.4 is 5.32 Å². The van der Waals surface area contributed by atoms with Crippen LogP contribution in [0.25, 0.3) is 0 Å². The summed E-state index contributed by atoms with van der Waals surface area (Å²) in [6.07, 6.45) is 5.71. The standard InChI is InChI=1S/C12H23NS2/c1-2-15-12-4-3-11(7-12)13-8-10-5-6-14-9-10/h10-13H,2-9H2,1H3/t10-,11+,12+/m0/s1. The van der Waals surface area contributed by atoms with Gasteiger partial charge in [-0.1, -0.05) is 6.92 Å². The van der Waals surface area contributed by atoms with Gasteiger partial charge < -0.3 is 5.32 Å². The van der Waals surface area contributed by atoms with Crippen LogP contribution in [0, 0.1) is 5.92 Å². The zero-order chi connectivity index (χ0) is 10.5. The molecular weight excluding hydrogens is 222 g/mol. The SMILES string of the molecule is CCS[C@@H]1CC[C@@H](NC[C@@H]2CCSC2)C1. The monoisotopic (exact) mass is 245 g/mol. The summed E-state index contributed by atoms with van der Waals surface area (Å²) in [7, 11) is 0. The number of hydrogen-bond acceptors (Lipinski definition) is 3. The van der Waals surface area contributed by atoms with Crippen molar-refractivity contribution in [3.05, 3.63) is 0 Å². The molecule has 1 N–H and O–H groups in total. The minimum absolute atomic E-state index is 0.833. The van der Waals surface area contributed by atoms with E-state index >= 15 is 0 Å². The molecule has 1 saturated heterocycles. The Labute approximate surface area is 103 Å². The second-order valence-corrected chi connectivity index (χ2v) is 7.45. The van der Waals surface area contributed by atoms with E-state index in [0.29, 0.717) is 0 Å². The highest BCUT2D eigenvalue weighted by Crippen LogP contribution is 2.30. The fourth-order valence-corrected chi connectivity index (χ4v) is 5.02. The molecule has 88 valence electrons. The largest absolute Gasteiger partial charge is 0.314 e. The number of thioether (sulfide) groups is 2. The predicted octanol–water partition coefficient (Wildman–Crippen LogP) is 3.00. The van der Waals surface area contributed by atoms with E-state index in [1.165, 1.54) is 49.5 Å². The van der Waals surface area contributed by atoms with E-state index in [0.717, 1.165) is 17.2 Å². The third-order valence-corrected chi connectivity index (χ3v) is 5.97. The zero-order valence-corrected chi connectivity index (χ0v) is 11.3. The normalized spacial score (nSPS) is 36.2. The molecule has 15 heavy (non-hydrogen) atoms. The molecule has 2 rings (SSSR count). The average molecular weight is 245 g/mol. The van der Waals surface area contributed by atoms with Crippen molar-refractivity contribution >= 4 is 23.5 Å². The van der Waals surface area contributed by atoms with Crippen LogP contribution in [0.3, 0.4) is 0 Å². The van der Waals surface area contributed by atoms with Gasteiger partial charge in [-0.15, -0.1) is 0 Å². The Morgan fingerprint density at radius 3 is 3.00 bits per heavy atom. The summed E-state index contributed by atoms with van der Waals surface area (Å²) in [5.41, 5.74) is 0. The summed E-state index contributed by atoms with van der Waals surface area (Å²) < 4.78 is 0. The fourth-order valence-electron chi connectivity index (χ4n) is 2.59. The lowest BCUT2D eigenvalue weighted by atomic mass is 10.1. The highest BCUT2D eigenvalue weighted by Gasteiger charge is 2.25. The molecule has 0 bridgehead atoms. The summed E-state index contributed by atoms with van der Waals surface area (Å²) in [6, 6.07) is 0.833. The van der Waals surface area contributed by atoms with Crippen molar-refractivity contribution in [2.45, 2.75) is 43.9 Å². The van der Waals surface area contributed by atoms with Gasteiger partial charge in [-0.3, -0.25) is 0 Å². The quantitative estimate of drug-likeness (QED) is 0.800. The third-order valence-electron chi connectivity index (χ3n) is 3.51. The van der Waals surface area contributed by atoms with Crippen LogP contribution >= 0.6 is 23.5 Å². The van der Waals surface area contributed by atoms with E-state index in [-0.39, 0.29) is 0 Å². The Bertz CT molecular complexity index is 180. The zero-order valence-electron chi connectivity index (χ0n) is 9.71. The first-order valence-electron chi connectivity index (χ1n) is 6.31. The lowest BCUT2D eigenvalue weighted by molar-refractivity contribution is 0.455. The molecule has 2 fully saturated rings. The summed E-state index contributed by atoms with van der Waals surface area (Å²) >= 11 is 4.29. The molecular formula is C12H23NS2. The molecule has 0 unspecified atom stereocenters. The van der Waals surface area contributed by atoms with Crippen LogP contribution in [0.5, 0.6) is 0 Å². The highest BCUT2D eigenvalue weighted by molar-refractivity contribution is 7.99. The highest BCUT2D eigenvalue weighted by atomic mass is 32.2. The van der Waals surface area contributed by atoms with E-state index in [1.807, 2.05) is 0 Å². The molecule has 3 heteroatoms. The summed E-state index contributed by atoms with van der Waals surface area (Å²) in [5.74, 6) is 5.04. The van der Waals surface area contributed by atoms with E-state index < -0.39 is 0 Å². The molecule has 0 aromatic rings.